The Balaban J connectivity index is 1.37. The third-order valence-corrected chi connectivity index (χ3v) is 5.57. The zero-order chi connectivity index (χ0) is 15.3. The van der Waals surface area contributed by atoms with Crippen molar-refractivity contribution in [3.63, 3.8) is 0 Å². The van der Waals surface area contributed by atoms with Gasteiger partial charge in [0.1, 0.15) is 0 Å². The van der Waals surface area contributed by atoms with E-state index in [2.05, 4.69) is 34.2 Å². The average Bonchev–Trinajstić information content (AvgIpc) is 2.58. The molecule has 0 atom stereocenters. The molecule has 2 nitrogen and oxygen atoms in total. The molecule has 0 fully saturated rings. The summed E-state index contributed by atoms with van der Waals surface area (Å²) >= 11 is 3.88. The summed E-state index contributed by atoms with van der Waals surface area (Å²) in [6.07, 6.45) is 15.6. The predicted molar refractivity (Wildman–Crippen MR) is 97.6 cm³/mol. The van der Waals surface area contributed by atoms with E-state index >= 15 is 0 Å². The molecule has 2 rings (SSSR count). The van der Waals surface area contributed by atoms with Crippen molar-refractivity contribution in [1.82, 2.24) is 9.97 Å². The quantitative estimate of drug-likeness (QED) is 0.389. The van der Waals surface area contributed by atoms with Crippen LogP contribution in [0.25, 0.3) is 0 Å². The van der Waals surface area contributed by atoms with Gasteiger partial charge in [-0.15, -0.1) is 23.5 Å². The fourth-order valence-electron chi connectivity index (χ4n) is 2.16. The van der Waals surface area contributed by atoms with Gasteiger partial charge in [-0.05, 0) is 48.6 Å². The Hall–Kier alpha value is -1.00. The normalized spacial score (nSPS) is 10.7. The van der Waals surface area contributed by atoms with E-state index in [-0.39, 0.29) is 0 Å². The van der Waals surface area contributed by atoms with E-state index in [1.54, 1.807) is 0 Å². The van der Waals surface area contributed by atoms with E-state index in [1.807, 2.05) is 48.3 Å². The zero-order valence-corrected chi connectivity index (χ0v) is 14.6. The first-order valence-corrected chi connectivity index (χ1v) is 9.98. The Labute approximate surface area is 142 Å². The topological polar surface area (TPSA) is 25.8 Å². The van der Waals surface area contributed by atoms with Gasteiger partial charge in [-0.3, -0.25) is 9.97 Å². The van der Waals surface area contributed by atoms with E-state index in [4.69, 9.17) is 0 Å². The summed E-state index contributed by atoms with van der Waals surface area (Å²) in [4.78, 5) is 10.8. The molecule has 0 bridgehead atoms. The largest absolute Gasteiger partial charge is 0.265 e. The fourth-order valence-corrected chi connectivity index (χ4v) is 3.96. The minimum absolute atomic E-state index is 1.22. The maximum atomic E-state index is 4.04. The van der Waals surface area contributed by atoms with E-state index in [9.17, 15) is 0 Å². The van der Waals surface area contributed by atoms with Gasteiger partial charge in [-0.2, -0.15) is 0 Å². The van der Waals surface area contributed by atoms with Crippen molar-refractivity contribution in [3.05, 3.63) is 49.1 Å². The highest BCUT2D eigenvalue weighted by molar-refractivity contribution is 7.99. The Kier molecular flexibility index (Phi) is 9.11. The standard InChI is InChI=1S/C18H24N2S2/c1(3-5-15-21-17-7-11-19-12-8-17)2-4-6-16-22-18-9-13-20-14-10-18/h7-14H,1-6,15-16H2. The molecule has 0 amide bonds. The third kappa shape index (κ3) is 7.85. The molecule has 2 aromatic heterocycles. The predicted octanol–water partition coefficient (Wildman–Crippen LogP) is 5.70. The van der Waals surface area contributed by atoms with Crippen LogP contribution in [0.1, 0.15) is 38.5 Å². The van der Waals surface area contributed by atoms with Crippen molar-refractivity contribution in [2.24, 2.45) is 0 Å². The van der Waals surface area contributed by atoms with Crippen LogP contribution < -0.4 is 0 Å². The molecule has 2 aromatic rings. The lowest BCUT2D eigenvalue weighted by atomic mass is 10.1. The number of rotatable bonds is 11. The number of thioether (sulfide) groups is 2. The van der Waals surface area contributed by atoms with Gasteiger partial charge in [-0.1, -0.05) is 25.7 Å². The Bertz CT molecular complexity index is 443. The molecular formula is C18H24N2S2. The highest BCUT2D eigenvalue weighted by Gasteiger charge is 1.96. The summed E-state index contributed by atoms with van der Waals surface area (Å²) < 4.78 is 0. The van der Waals surface area contributed by atoms with Crippen LogP contribution in [0, 0.1) is 0 Å². The molecule has 0 aromatic carbocycles. The number of hydrogen-bond acceptors (Lipinski definition) is 4. The van der Waals surface area contributed by atoms with Crippen LogP contribution in [0.2, 0.25) is 0 Å². The second-order valence-corrected chi connectivity index (χ2v) is 7.52. The van der Waals surface area contributed by atoms with E-state index in [1.165, 1.54) is 59.8 Å². The van der Waals surface area contributed by atoms with Gasteiger partial charge in [0, 0.05) is 34.6 Å². The third-order valence-electron chi connectivity index (χ3n) is 3.38. The van der Waals surface area contributed by atoms with Gasteiger partial charge in [0.25, 0.3) is 0 Å². The number of hydrogen-bond donors (Lipinski definition) is 0. The van der Waals surface area contributed by atoms with Crippen LogP contribution in [-0.2, 0) is 0 Å². The minimum atomic E-state index is 1.22. The molecular weight excluding hydrogens is 308 g/mol. The van der Waals surface area contributed by atoms with Crippen LogP contribution in [0.15, 0.2) is 58.8 Å². The van der Waals surface area contributed by atoms with E-state index < -0.39 is 0 Å². The maximum Gasteiger partial charge on any atom is 0.0278 e. The van der Waals surface area contributed by atoms with Crippen molar-refractivity contribution >= 4 is 23.5 Å². The van der Waals surface area contributed by atoms with Crippen LogP contribution in [0.3, 0.4) is 0 Å². The number of unbranched alkanes of at least 4 members (excludes halogenated alkanes) is 5. The molecule has 0 radical (unpaired) electrons. The van der Waals surface area contributed by atoms with Crippen LogP contribution in [-0.4, -0.2) is 21.5 Å². The summed E-state index contributed by atoms with van der Waals surface area (Å²) in [5.41, 5.74) is 0. The lowest BCUT2D eigenvalue weighted by Crippen LogP contribution is -1.85. The lowest BCUT2D eigenvalue weighted by molar-refractivity contribution is 0.629. The molecule has 0 N–H and O–H groups in total. The highest BCUT2D eigenvalue weighted by atomic mass is 32.2. The smallest absolute Gasteiger partial charge is 0.0278 e. The monoisotopic (exact) mass is 332 g/mol. The van der Waals surface area contributed by atoms with Crippen molar-refractivity contribution in [2.75, 3.05) is 11.5 Å². The number of nitrogens with zero attached hydrogens (tertiary/aromatic N) is 2. The van der Waals surface area contributed by atoms with Gasteiger partial charge in [-0.25, -0.2) is 0 Å². The Morgan fingerprint density at radius 1 is 0.545 bits per heavy atom. The van der Waals surface area contributed by atoms with E-state index in [0.717, 1.165) is 0 Å². The maximum absolute atomic E-state index is 4.04. The molecule has 2 heterocycles. The highest BCUT2D eigenvalue weighted by Crippen LogP contribution is 2.20. The Morgan fingerprint density at radius 3 is 1.32 bits per heavy atom. The fraction of sp³-hybridized carbons (Fsp3) is 0.444. The molecule has 0 unspecified atom stereocenters. The molecule has 0 spiro atoms. The second-order valence-electron chi connectivity index (χ2n) is 5.18. The summed E-state index contributed by atoms with van der Waals surface area (Å²) in [5, 5.41) is 0. The first kappa shape index (κ1) is 17.4. The molecule has 0 aliphatic rings. The summed E-state index contributed by atoms with van der Waals surface area (Å²) in [6, 6.07) is 8.35. The number of pyridine rings is 2. The second kappa shape index (κ2) is 11.6. The molecule has 118 valence electrons. The van der Waals surface area contributed by atoms with Crippen LogP contribution in [0.4, 0.5) is 0 Å². The zero-order valence-electron chi connectivity index (χ0n) is 13.0. The van der Waals surface area contributed by atoms with Crippen LogP contribution >= 0.6 is 23.5 Å². The average molecular weight is 333 g/mol. The SMILES string of the molecule is c1cc(SCCCCCCCCSc2ccncc2)ccn1. The van der Waals surface area contributed by atoms with Crippen molar-refractivity contribution < 1.29 is 0 Å². The van der Waals surface area contributed by atoms with Gasteiger partial charge in [0.15, 0.2) is 0 Å². The van der Waals surface area contributed by atoms with Gasteiger partial charge in [0.05, 0.1) is 0 Å². The minimum Gasteiger partial charge on any atom is -0.265 e. The summed E-state index contributed by atoms with van der Waals surface area (Å²) in [5.74, 6) is 2.45. The summed E-state index contributed by atoms with van der Waals surface area (Å²) in [7, 11) is 0. The molecule has 0 aliphatic heterocycles. The summed E-state index contributed by atoms with van der Waals surface area (Å²) in [6.45, 7) is 0. The lowest BCUT2D eigenvalue weighted by Gasteiger charge is -2.03. The van der Waals surface area contributed by atoms with Crippen LogP contribution in [0.5, 0.6) is 0 Å². The molecule has 0 saturated carbocycles. The molecule has 0 aliphatic carbocycles. The van der Waals surface area contributed by atoms with Crippen molar-refractivity contribution in [3.8, 4) is 0 Å². The van der Waals surface area contributed by atoms with Gasteiger partial charge in [0.2, 0.25) is 0 Å². The van der Waals surface area contributed by atoms with Gasteiger partial charge >= 0.3 is 0 Å². The van der Waals surface area contributed by atoms with E-state index in [0.29, 0.717) is 0 Å². The van der Waals surface area contributed by atoms with Gasteiger partial charge < -0.3 is 0 Å². The molecule has 0 saturated heterocycles. The first-order valence-electron chi connectivity index (χ1n) is 8.01. The van der Waals surface area contributed by atoms with Crippen molar-refractivity contribution in [2.45, 2.75) is 48.3 Å². The van der Waals surface area contributed by atoms with Crippen molar-refractivity contribution in [1.29, 1.82) is 0 Å². The molecule has 22 heavy (non-hydrogen) atoms. The Morgan fingerprint density at radius 2 is 0.909 bits per heavy atom. The molecule has 4 heteroatoms. The number of aromatic nitrogens is 2. The first-order chi connectivity index (χ1) is 10.9.